The number of carbonyl (C=O) groups is 2. The van der Waals surface area contributed by atoms with E-state index in [1.54, 1.807) is 24.3 Å². The summed E-state index contributed by atoms with van der Waals surface area (Å²) in [5, 5.41) is 8.60. The summed E-state index contributed by atoms with van der Waals surface area (Å²) in [5.41, 5.74) is 5.74. The first-order valence-electron chi connectivity index (χ1n) is 11.4. The number of nitrogens with zero attached hydrogens (tertiary/aromatic N) is 3. The highest BCUT2D eigenvalue weighted by molar-refractivity contribution is 5.95. The Bertz CT molecular complexity index is 1340. The van der Waals surface area contributed by atoms with Crippen LogP contribution in [0.1, 0.15) is 47.4 Å². The van der Waals surface area contributed by atoms with Crippen LogP contribution in [0.4, 0.5) is 5.69 Å². The van der Waals surface area contributed by atoms with E-state index in [1.165, 1.54) is 6.92 Å². The third-order valence-corrected chi connectivity index (χ3v) is 5.79. The minimum Gasteiger partial charge on any atom is -0.478 e. The highest BCUT2D eigenvalue weighted by Crippen LogP contribution is 2.32. The second kappa shape index (κ2) is 9.87. The second-order valence-corrected chi connectivity index (χ2v) is 8.17. The van der Waals surface area contributed by atoms with E-state index in [4.69, 9.17) is 14.8 Å². The third kappa shape index (κ3) is 4.69. The molecule has 34 heavy (non-hydrogen) atoms. The molecule has 0 bridgehead atoms. The van der Waals surface area contributed by atoms with E-state index in [0.29, 0.717) is 30.2 Å². The highest BCUT2D eigenvalue weighted by Gasteiger charge is 2.20. The average molecular weight is 457 g/mol. The Kier molecular flexibility index (Phi) is 6.72. The van der Waals surface area contributed by atoms with E-state index in [-0.39, 0.29) is 18.1 Å². The van der Waals surface area contributed by atoms with Gasteiger partial charge in [-0.05, 0) is 76.1 Å². The Hall–Kier alpha value is -4.00. The zero-order chi connectivity index (χ0) is 24.2. The summed E-state index contributed by atoms with van der Waals surface area (Å²) in [6.45, 7) is 7.91. The zero-order valence-corrected chi connectivity index (χ0v) is 19.9. The molecule has 0 fully saturated rings. The first-order chi connectivity index (χ1) is 16.4. The smallest absolute Gasteiger partial charge is 0.224 e. The molecule has 4 aromatic rings. The van der Waals surface area contributed by atoms with Gasteiger partial charge >= 0.3 is 0 Å². The summed E-state index contributed by atoms with van der Waals surface area (Å²) in [7, 11) is 0. The number of Topliss-reactive ketones (excluding diaryl/α,β-unsaturated/α-hetero) is 1. The van der Waals surface area contributed by atoms with Crippen molar-refractivity contribution in [3.63, 3.8) is 0 Å². The molecule has 0 aliphatic carbocycles. The minimum absolute atomic E-state index is 0.00872. The summed E-state index contributed by atoms with van der Waals surface area (Å²) in [6.07, 6.45) is 0.756. The Morgan fingerprint density at radius 2 is 1.74 bits per heavy atom. The molecule has 0 radical (unpaired) electrons. The molecule has 0 spiro atoms. The molecular formula is C27H28N4O3. The Morgan fingerprint density at radius 1 is 1.03 bits per heavy atom. The first kappa shape index (κ1) is 23.2. The average Bonchev–Trinajstić information content (AvgIpc) is 3.16. The molecule has 0 saturated carbocycles. The van der Waals surface area contributed by atoms with Crippen molar-refractivity contribution in [2.75, 3.05) is 11.9 Å². The maximum atomic E-state index is 12.6. The van der Waals surface area contributed by atoms with Crippen LogP contribution >= 0.6 is 0 Å². The van der Waals surface area contributed by atoms with Crippen molar-refractivity contribution >= 4 is 28.4 Å². The number of rotatable bonds is 8. The topological polar surface area (TPSA) is 86.1 Å². The number of hydrogen-bond acceptors (Lipinski definition) is 5. The van der Waals surface area contributed by atoms with Gasteiger partial charge in [-0.1, -0.05) is 18.2 Å². The van der Waals surface area contributed by atoms with Crippen LogP contribution < -0.4 is 10.1 Å². The van der Waals surface area contributed by atoms with Gasteiger partial charge in [0.25, 0.3) is 0 Å². The van der Waals surface area contributed by atoms with Crippen molar-refractivity contribution in [3.05, 3.63) is 77.0 Å². The largest absolute Gasteiger partial charge is 0.478 e. The maximum absolute atomic E-state index is 12.6. The second-order valence-electron chi connectivity index (χ2n) is 8.17. The lowest BCUT2D eigenvalue weighted by atomic mass is 10.0. The van der Waals surface area contributed by atoms with Crippen LogP contribution in [0.25, 0.3) is 16.7 Å². The fourth-order valence-corrected chi connectivity index (χ4v) is 4.08. The number of pyridine rings is 1. The molecular weight excluding hydrogens is 428 g/mol. The molecule has 7 nitrogen and oxygen atoms in total. The standard InChI is InChI=1S/C27H28N4O3/c1-5-34-27-23(15-16-24(33)28-21-13-11-20(12-14-21)19(4)32)17(2)25-18(3)30-31(26(25)29-27)22-9-7-6-8-10-22/h6-14H,5,15-16H2,1-4H3,(H,28,33). The van der Waals surface area contributed by atoms with Gasteiger partial charge in [-0.2, -0.15) is 10.1 Å². The Balaban J connectivity index is 1.61. The molecule has 0 aliphatic rings. The van der Waals surface area contributed by atoms with Crippen molar-refractivity contribution in [2.45, 2.75) is 40.5 Å². The van der Waals surface area contributed by atoms with Crippen LogP contribution in [0.3, 0.4) is 0 Å². The molecule has 4 rings (SSSR count). The number of benzene rings is 2. The number of anilines is 1. The van der Waals surface area contributed by atoms with Gasteiger partial charge in [0.05, 0.1) is 18.0 Å². The van der Waals surface area contributed by atoms with Crippen molar-refractivity contribution in [2.24, 2.45) is 0 Å². The van der Waals surface area contributed by atoms with Crippen LogP contribution in [0.2, 0.25) is 0 Å². The van der Waals surface area contributed by atoms with E-state index in [1.807, 2.05) is 55.8 Å². The van der Waals surface area contributed by atoms with E-state index in [9.17, 15) is 9.59 Å². The molecule has 0 saturated heterocycles. The number of hydrogen-bond donors (Lipinski definition) is 1. The number of carbonyl (C=O) groups excluding carboxylic acids is 2. The third-order valence-electron chi connectivity index (χ3n) is 5.79. The summed E-state index contributed by atoms with van der Waals surface area (Å²) in [5.74, 6) is 0.406. The molecule has 2 aromatic heterocycles. The molecule has 0 atom stereocenters. The van der Waals surface area contributed by atoms with Crippen LogP contribution in [0.15, 0.2) is 54.6 Å². The Labute approximate surface area is 198 Å². The summed E-state index contributed by atoms with van der Waals surface area (Å²) < 4.78 is 7.73. The van der Waals surface area contributed by atoms with Gasteiger partial charge < -0.3 is 10.1 Å². The van der Waals surface area contributed by atoms with E-state index in [0.717, 1.165) is 33.5 Å². The van der Waals surface area contributed by atoms with Gasteiger partial charge in [-0.25, -0.2) is 4.68 Å². The molecule has 2 aromatic carbocycles. The number of nitrogens with one attached hydrogen (secondary N) is 1. The monoisotopic (exact) mass is 456 g/mol. The molecule has 0 aliphatic heterocycles. The summed E-state index contributed by atoms with van der Waals surface area (Å²) >= 11 is 0. The van der Waals surface area contributed by atoms with E-state index in [2.05, 4.69) is 5.32 Å². The highest BCUT2D eigenvalue weighted by atomic mass is 16.5. The molecule has 1 amide bonds. The van der Waals surface area contributed by atoms with Gasteiger partial charge in [-0.3, -0.25) is 9.59 Å². The van der Waals surface area contributed by atoms with Gasteiger partial charge in [0.15, 0.2) is 11.4 Å². The Morgan fingerprint density at radius 3 is 2.38 bits per heavy atom. The van der Waals surface area contributed by atoms with Crippen LogP contribution in [-0.2, 0) is 11.2 Å². The number of ether oxygens (including phenoxy) is 1. The van der Waals surface area contributed by atoms with Crippen molar-refractivity contribution in [1.29, 1.82) is 0 Å². The predicted molar refractivity (Wildman–Crippen MR) is 133 cm³/mol. The van der Waals surface area contributed by atoms with E-state index >= 15 is 0 Å². The number of aromatic nitrogens is 3. The number of ketones is 1. The lowest BCUT2D eigenvalue weighted by molar-refractivity contribution is -0.116. The summed E-state index contributed by atoms with van der Waals surface area (Å²) in [6, 6.07) is 16.8. The number of fused-ring (bicyclic) bond motifs is 1. The fourth-order valence-electron chi connectivity index (χ4n) is 4.08. The first-order valence-corrected chi connectivity index (χ1v) is 11.4. The van der Waals surface area contributed by atoms with Crippen molar-refractivity contribution < 1.29 is 14.3 Å². The van der Waals surface area contributed by atoms with Crippen molar-refractivity contribution in [1.82, 2.24) is 14.8 Å². The van der Waals surface area contributed by atoms with Crippen LogP contribution in [0, 0.1) is 13.8 Å². The molecule has 0 unspecified atom stereocenters. The number of amides is 1. The number of para-hydroxylation sites is 1. The predicted octanol–water partition coefficient (Wildman–Crippen LogP) is 5.21. The zero-order valence-electron chi connectivity index (χ0n) is 19.9. The lowest BCUT2D eigenvalue weighted by Crippen LogP contribution is -2.14. The van der Waals surface area contributed by atoms with Gasteiger partial charge in [0, 0.05) is 28.6 Å². The quantitative estimate of drug-likeness (QED) is 0.368. The normalized spacial score (nSPS) is 10.9. The van der Waals surface area contributed by atoms with Crippen LogP contribution in [0.5, 0.6) is 5.88 Å². The number of aryl methyl sites for hydroxylation is 2. The molecule has 174 valence electrons. The van der Waals surface area contributed by atoms with Gasteiger partial charge in [0.2, 0.25) is 11.8 Å². The van der Waals surface area contributed by atoms with Gasteiger partial charge in [0.1, 0.15) is 0 Å². The summed E-state index contributed by atoms with van der Waals surface area (Å²) in [4.78, 5) is 28.9. The molecule has 1 N–H and O–H groups in total. The molecule has 7 heteroatoms. The lowest BCUT2D eigenvalue weighted by Gasteiger charge is -2.14. The maximum Gasteiger partial charge on any atom is 0.224 e. The fraction of sp³-hybridized carbons (Fsp3) is 0.259. The van der Waals surface area contributed by atoms with Crippen molar-refractivity contribution in [3.8, 4) is 11.6 Å². The van der Waals surface area contributed by atoms with E-state index < -0.39 is 0 Å². The van der Waals surface area contributed by atoms with Gasteiger partial charge in [-0.15, -0.1) is 0 Å². The SMILES string of the molecule is CCOc1nc2c(c(C)nn2-c2ccccc2)c(C)c1CCC(=O)Nc1ccc(C(C)=O)cc1. The van der Waals surface area contributed by atoms with Crippen LogP contribution in [-0.4, -0.2) is 33.1 Å². The minimum atomic E-state index is -0.116. The molecule has 2 heterocycles.